The molecule has 56 heavy (non-hydrogen) atoms. The quantitative estimate of drug-likeness (QED) is 0.0456. The summed E-state index contributed by atoms with van der Waals surface area (Å²) >= 11 is 0. The van der Waals surface area contributed by atoms with E-state index in [-0.39, 0.29) is 19.8 Å². The van der Waals surface area contributed by atoms with Crippen molar-refractivity contribution < 1.29 is 33.6 Å². The van der Waals surface area contributed by atoms with Gasteiger partial charge < -0.3 is 28.8 Å². The van der Waals surface area contributed by atoms with Crippen LogP contribution < -0.4 is 0 Å². The minimum Gasteiger partial charge on any atom is -0.393 e. The van der Waals surface area contributed by atoms with Crippen LogP contribution in [0.5, 0.6) is 0 Å². The maximum atomic E-state index is 13.3. The van der Waals surface area contributed by atoms with E-state index in [1.165, 1.54) is 11.1 Å². The molecule has 1 aliphatic rings. The molecule has 1 heterocycles. The Morgan fingerprint density at radius 3 is 1.84 bits per heavy atom. The van der Waals surface area contributed by atoms with Gasteiger partial charge in [0.25, 0.3) is 0 Å². The van der Waals surface area contributed by atoms with Gasteiger partial charge in [0.2, 0.25) is 0 Å². The predicted molar refractivity (Wildman–Crippen MR) is 219 cm³/mol. The molecule has 5 aromatic carbocycles. The van der Waals surface area contributed by atoms with Gasteiger partial charge in [0.1, 0.15) is 24.4 Å². The number of aldehydes is 1. The summed E-state index contributed by atoms with van der Waals surface area (Å²) < 4.78 is 32.5. The van der Waals surface area contributed by atoms with E-state index >= 15 is 0 Å². The fourth-order valence-corrected chi connectivity index (χ4v) is 7.21. The Hall–Kier alpha value is -4.73. The van der Waals surface area contributed by atoms with Gasteiger partial charge in [-0.3, -0.25) is 4.79 Å². The van der Waals surface area contributed by atoms with Crippen molar-refractivity contribution in [2.75, 3.05) is 19.8 Å². The molecular formula is C49H54O7. The van der Waals surface area contributed by atoms with Crippen LogP contribution in [0.4, 0.5) is 0 Å². The lowest BCUT2D eigenvalue weighted by Crippen LogP contribution is -2.66. The van der Waals surface area contributed by atoms with Crippen molar-refractivity contribution >= 4 is 6.29 Å². The molecule has 0 aliphatic carbocycles. The lowest BCUT2D eigenvalue weighted by molar-refractivity contribution is -0.297. The van der Waals surface area contributed by atoms with Gasteiger partial charge in [-0.2, -0.15) is 0 Å². The highest BCUT2D eigenvalue weighted by molar-refractivity contribution is 5.65. The number of hydrogen-bond acceptors (Lipinski definition) is 7. The van der Waals surface area contributed by atoms with Crippen molar-refractivity contribution in [3.05, 3.63) is 191 Å². The fraction of sp³-hybridized carbons (Fsp3) is 0.327. The zero-order chi connectivity index (χ0) is 39.0. The third-order valence-electron chi connectivity index (χ3n) is 10.4. The van der Waals surface area contributed by atoms with E-state index in [1.54, 1.807) is 6.08 Å². The van der Waals surface area contributed by atoms with Crippen LogP contribution in [0.15, 0.2) is 146 Å². The van der Waals surface area contributed by atoms with Gasteiger partial charge in [0.05, 0.1) is 33.0 Å². The average molecular weight is 755 g/mol. The first-order valence-electron chi connectivity index (χ1n) is 19.6. The standard InChI is InChI=1S/C49H54O7/c1-3-28-52-29-14-13-15-38-23-25-39(26-24-38)30-44-31-43(27-22-37(44)2)45-46(53-32-40-16-7-4-8-17-40)47(54-33-41-18-9-5-10-19-41)48(49(35-50,36-51)56-45)55-34-42-20-11-6-12-21-42/h3-12,16-27,31,35,45-48,51H,1,13-15,28-30,32-34,36H2,2H3/t45-,46-,47+,48-,49+/m0/s1. The monoisotopic (exact) mass is 754 g/mol. The minimum absolute atomic E-state index is 0.184. The van der Waals surface area contributed by atoms with Crippen molar-refractivity contribution in [1.82, 2.24) is 0 Å². The highest BCUT2D eigenvalue weighted by Crippen LogP contribution is 2.43. The lowest BCUT2D eigenvalue weighted by Gasteiger charge is -2.50. The predicted octanol–water partition coefficient (Wildman–Crippen LogP) is 8.87. The molecule has 0 spiro atoms. The Morgan fingerprint density at radius 1 is 0.696 bits per heavy atom. The van der Waals surface area contributed by atoms with E-state index in [0.717, 1.165) is 59.3 Å². The van der Waals surface area contributed by atoms with Crippen LogP contribution in [0, 0.1) is 6.92 Å². The zero-order valence-corrected chi connectivity index (χ0v) is 32.3. The number of rotatable bonds is 21. The van der Waals surface area contributed by atoms with Crippen LogP contribution in [-0.4, -0.2) is 55.1 Å². The second-order valence-electron chi connectivity index (χ2n) is 14.5. The first-order valence-corrected chi connectivity index (χ1v) is 19.6. The fourth-order valence-electron chi connectivity index (χ4n) is 7.21. The number of benzene rings is 5. The van der Waals surface area contributed by atoms with Crippen LogP contribution in [0.2, 0.25) is 0 Å². The van der Waals surface area contributed by atoms with Gasteiger partial charge in [0.15, 0.2) is 11.9 Å². The van der Waals surface area contributed by atoms with Crippen LogP contribution in [0.3, 0.4) is 0 Å². The minimum atomic E-state index is -1.73. The van der Waals surface area contributed by atoms with Gasteiger partial charge in [-0.15, -0.1) is 6.58 Å². The first kappa shape index (κ1) is 40.9. The third-order valence-corrected chi connectivity index (χ3v) is 10.4. The topological polar surface area (TPSA) is 83.5 Å². The molecule has 5 aromatic rings. The van der Waals surface area contributed by atoms with Gasteiger partial charge in [-0.1, -0.05) is 140 Å². The molecular weight excluding hydrogens is 701 g/mol. The molecule has 5 atom stereocenters. The van der Waals surface area contributed by atoms with Crippen molar-refractivity contribution in [1.29, 1.82) is 0 Å². The summed E-state index contributed by atoms with van der Waals surface area (Å²) in [5, 5.41) is 11.0. The molecule has 6 rings (SSSR count). The Bertz CT molecular complexity index is 1920. The van der Waals surface area contributed by atoms with Crippen molar-refractivity contribution in [2.45, 2.75) is 82.4 Å². The highest BCUT2D eigenvalue weighted by Gasteiger charge is 2.57. The first-order chi connectivity index (χ1) is 27.5. The second kappa shape index (κ2) is 21.0. The molecule has 7 nitrogen and oxygen atoms in total. The van der Waals surface area contributed by atoms with Gasteiger partial charge >= 0.3 is 0 Å². The van der Waals surface area contributed by atoms with E-state index in [0.29, 0.717) is 19.3 Å². The summed E-state index contributed by atoms with van der Waals surface area (Å²) in [4.78, 5) is 13.3. The maximum absolute atomic E-state index is 13.3. The van der Waals surface area contributed by atoms with Crippen LogP contribution >= 0.6 is 0 Å². The number of hydrogen-bond donors (Lipinski definition) is 1. The molecule has 0 radical (unpaired) electrons. The van der Waals surface area contributed by atoms with E-state index in [9.17, 15) is 9.90 Å². The number of carbonyl (C=O) groups excluding carboxylic acids is 1. The molecule has 7 heteroatoms. The van der Waals surface area contributed by atoms with Crippen LogP contribution in [0.1, 0.15) is 63.5 Å². The van der Waals surface area contributed by atoms with Crippen molar-refractivity contribution in [3.8, 4) is 0 Å². The highest BCUT2D eigenvalue weighted by atomic mass is 16.6. The van der Waals surface area contributed by atoms with Crippen LogP contribution in [0.25, 0.3) is 0 Å². The summed E-state index contributed by atoms with van der Waals surface area (Å²) in [7, 11) is 0. The Balaban J connectivity index is 1.31. The average Bonchev–Trinajstić information content (AvgIpc) is 3.25. The van der Waals surface area contributed by atoms with Gasteiger partial charge in [-0.05, 0) is 77.1 Å². The lowest BCUT2D eigenvalue weighted by atomic mass is 9.82. The molecule has 1 saturated heterocycles. The molecule has 0 aromatic heterocycles. The van der Waals surface area contributed by atoms with Gasteiger partial charge in [0, 0.05) is 6.61 Å². The maximum Gasteiger partial charge on any atom is 0.175 e. The normalized spacial score (nSPS) is 20.8. The number of aliphatic hydroxyl groups excluding tert-OH is 1. The SMILES string of the molecule is C=CCOCCCCc1ccc(Cc2cc([C@@H]3O[C@](C=O)(CO)[C@@H](OCc4ccccc4)[C@H](OCc4ccccc4)[C@H]3OCc3ccccc3)ccc2C)cc1. The van der Waals surface area contributed by atoms with Crippen LogP contribution in [-0.2, 0) is 61.1 Å². The number of aryl methyl sites for hydroxylation is 2. The number of carbonyl (C=O) groups is 1. The number of ether oxygens (including phenoxy) is 5. The summed E-state index contributed by atoms with van der Waals surface area (Å²) in [5.41, 5.74) is 6.72. The van der Waals surface area contributed by atoms with Gasteiger partial charge in [-0.25, -0.2) is 0 Å². The Kier molecular flexibility index (Phi) is 15.3. The molecule has 0 saturated carbocycles. The van der Waals surface area contributed by atoms with E-state index in [1.807, 2.05) is 97.1 Å². The summed E-state index contributed by atoms with van der Waals surface area (Å²) in [6.45, 7) is 7.25. The summed E-state index contributed by atoms with van der Waals surface area (Å²) in [6.07, 6.45) is 2.97. The molecule has 1 aliphatic heterocycles. The third kappa shape index (κ3) is 11.0. The zero-order valence-electron chi connectivity index (χ0n) is 32.3. The summed E-state index contributed by atoms with van der Waals surface area (Å²) in [6, 6.07) is 44.6. The molecule has 1 fully saturated rings. The molecule has 1 N–H and O–H groups in total. The summed E-state index contributed by atoms with van der Waals surface area (Å²) in [5.74, 6) is 0. The van der Waals surface area contributed by atoms with E-state index in [4.69, 9.17) is 23.7 Å². The smallest absolute Gasteiger partial charge is 0.175 e. The molecule has 0 amide bonds. The molecule has 0 unspecified atom stereocenters. The molecule has 0 bridgehead atoms. The second-order valence-corrected chi connectivity index (χ2v) is 14.5. The van der Waals surface area contributed by atoms with Crippen molar-refractivity contribution in [3.63, 3.8) is 0 Å². The Labute approximate surface area is 331 Å². The number of aliphatic hydroxyl groups is 1. The largest absolute Gasteiger partial charge is 0.393 e. The van der Waals surface area contributed by atoms with Crippen molar-refractivity contribution in [2.24, 2.45) is 0 Å². The Morgan fingerprint density at radius 2 is 1.27 bits per heavy atom. The van der Waals surface area contributed by atoms with E-state index in [2.05, 4.69) is 49.9 Å². The molecule has 292 valence electrons. The number of unbranched alkanes of at least 4 members (excludes halogenated alkanes) is 1. The van der Waals surface area contributed by atoms with E-state index < -0.39 is 36.6 Å².